The second-order valence-electron chi connectivity index (χ2n) is 3.12. The maximum absolute atomic E-state index is 5.40. The van der Waals surface area contributed by atoms with Gasteiger partial charge in [-0.25, -0.2) is 0 Å². The summed E-state index contributed by atoms with van der Waals surface area (Å²) in [5.74, 6) is 1.54. The van der Waals surface area contributed by atoms with Gasteiger partial charge >= 0.3 is 0 Å². The molecular weight excluding hydrogens is 190 g/mol. The monoisotopic (exact) mass is 207 g/mol. The fraction of sp³-hybridized carbons (Fsp3) is 0.417. The first-order valence-electron chi connectivity index (χ1n) is 4.94. The molecule has 82 valence electrons. The quantitative estimate of drug-likeness (QED) is 0.723. The lowest BCUT2D eigenvalue weighted by Crippen LogP contribution is -2.14. The van der Waals surface area contributed by atoms with Crippen molar-refractivity contribution in [1.82, 2.24) is 5.32 Å². The van der Waals surface area contributed by atoms with Gasteiger partial charge in [-0.05, 0) is 26.0 Å². The zero-order chi connectivity index (χ0) is 11.1. The third-order valence-corrected chi connectivity index (χ3v) is 2.12. The molecular formula is C12H17NO2. The molecule has 0 amide bonds. The Balaban J connectivity index is 2.76. The fourth-order valence-electron chi connectivity index (χ4n) is 1.42. The SMILES string of the molecule is [CH]CCNCc1cccc(OC)c1OC. The molecule has 1 rings (SSSR count). The second kappa shape index (κ2) is 6.30. The number of rotatable bonds is 6. The summed E-state index contributed by atoms with van der Waals surface area (Å²) in [5, 5.41) is 3.22. The van der Waals surface area contributed by atoms with Crippen LogP contribution in [0.15, 0.2) is 18.2 Å². The predicted molar refractivity (Wildman–Crippen MR) is 60.2 cm³/mol. The molecule has 0 fully saturated rings. The maximum Gasteiger partial charge on any atom is 0.165 e. The minimum Gasteiger partial charge on any atom is -0.493 e. The first kappa shape index (κ1) is 11.9. The molecule has 0 spiro atoms. The normalized spacial score (nSPS) is 10.1. The van der Waals surface area contributed by atoms with Gasteiger partial charge < -0.3 is 14.8 Å². The van der Waals surface area contributed by atoms with Crippen molar-refractivity contribution in [2.75, 3.05) is 20.8 Å². The number of ether oxygens (including phenoxy) is 2. The summed E-state index contributed by atoms with van der Waals surface area (Å²) >= 11 is 0. The molecule has 0 aromatic heterocycles. The van der Waals surface area contributed by atoms with E-state index in [0.717, 1.165) is 30.2 Å². The third kappa shape index (κ3) is 3.13. The lowest BCUT2D eigenvalue weighted by Gasteiger charge is -2.12. The zero-order valence-corrected chi connectivity index (χ0v) is 9.25. The summed E-state index contributed by atoms with van der Waals surface area (Å²) in [6.07, 6.45) is 0.631. The third-order valence-electron chi connectivity index (χ3n) is 2.12. The van der Waals surface area contributed by atoms with Crippen LogP contribution in [0.25, 0.3) is 0 Å². The predicted octanol–water partition coefficient (Wildman–Crippen LogP) is 1.89. The molecule has 0 aliphatic heterocycles. The van der Waals surface area contributed by atoms with Gasteiger partial charge in [0, 0.05) is 12.1 Å². The average molecular weight is 207 g/mol. The molecule has 0 saturated heterocycles. The Hall–Kier alpha value is -1.22. The van der Waals surface area contributed by atoms with E-state index in [1.54, 1.807) is 14.2 Å². The molecule has 2 radical (unpaired) electrons. The first-order chi connectivity index (χ1) is 7.33. The van der Waals surface area contributed by atoms with Gasteiger partial charge in [0.15, 0.2) is 11.5 Å². The van der Waals surface area contributed by atoms with Crippen LogP contribution in [-0.2, 0) is 6.54 Å². The van der Waals surface area contributed by atoms with Crippen molar-refractivity contribution >= 4 is 0 Å². The van der Waals surface area contributed by atoms with Crippen LogP contribution >= 0.6 is 0 Å². The Bertz CT molecular complexity index is 300. The molecule has 0 saturated carbocycles. The standard InChI is InChI=1S/C12H17NO2/c1-4-8-13-9-10-6-5-7-11(14-2)12(10)15-3/h1,5-7,13H,4,8-9H2,2-3H3. The smallest absolute Gasteiger partial charge is 0.165 e. The summed E-state index contributed by atoms with van der Waals surface area (Å²) in [5.41, 5.74) is 1.07. The molecule has 0 unspecified atom stereocenters. The molecule has 3 nitrogen and oxygen atoms in total. The number of methoxy groups -OCH3 is 2. The number of hydrogen-bond acceptors (Lipinski definition) is 3. The minimum atomic E-state index is 0.631. The zero-order valence-electron chi connectivity index (χ0n) is 9.25. The maximum atomic E-state index is 5.40. The molecule has 1 aromatic rings. The van der Waals surface area contributed by atoms with Crippen LogP contribution in [0.1, 0.15) is 12.0 Å². The summed E-state index contributed by atoms with van der Waals surface area (Å²) in [7, 11) is 3.28. The Morgan fingerprint density at radius 3 is 2.67 bits per heavy atom. The average Bonchev–Trinajstić information content (AvgIpc) is 2.29. The molecule has 0 atom stereocenters. The molecule has 3 heteroatoms. The van der Waals surface area contributed by atoms with Gasteiger partial charge in [-0.15, -0.1) is 0 Å². The van der Waals surface area contributed by atoms with Crippen LogP contribution in [0, 0.1) is 6.92 Å². The Kier molecular flexibility index (Phi) is 4.98. The van der Waals surface area contributed by atoms with Gasteiger partial charge in [-0.3, -0.25) is 0 Å². The van der Waals surface area contributed by atoms with Crippen LogP contribution in [-0.4, -0.2) is 20.8 Å². The summed E-state index contributed by atoms with van der Waals surface area (Å²) in [6.45, 7) is 6.93. The van der Waals surface area contributed by atoms with Crippen molar-refractivity contribution in [3.05, 3.63) is 30.7 Å². The number of hydrogen-bond donors (Lipinski definition) is 1. The summed E-state index contributed by atoms with van der Waals surface area (Å²) < 4.78 is 10.5. The molecule has 1 aromatic carbocycles. The number of nitrogens with one attached hydrogen (secondary N) is 1. The largest absolute Gasteiger partial charge is 0.493 e. The molecule has 0 heterocycles. The lowest BCUT2D eigenvalue weighted by molar-refractivity contribution is 0.350. The van der Waals surface area contributed by atoms with Crippen LogP contribution < -0.4 is 14.8 Å². The lowest BCUT2D eigenvalue weighted by atomic mass is 10.2. The van der Waals surface area contributed by atoms with E-state index in [2.05, 4.69) is 5.32 Å². The van der Waals surface area contributed by atoms with Gasteiger partial charge in [0.05, 0.1) is 14.2 Å². The topological polar surface area (TPSA) is 30.5 Å². The van der Waals surface area contributed by atoms with Crippen molar-refractivity contribution in [1.29, 1.82) is 0 Å². The van der Waals surface area contributed by atoms with Gasteiger partial charge in [0.2, 0.25) is 0 Å². The van der Waals surface area contributed by atoms with E-state index in [4.69, 9.17) is 16.4 Å². The van der Waals surface area contributed by atoms with E-state index in [0.29, 0.717) is 6.42 Å². The Morgan fingerprint density at radius 2 is 2.07 bits per heavy atom. The van der Waals surface area contributed by atoms with E-state index in [-0.39, 0.29) is 0 Å². The number of para-hydroxylation sites is 1. The van der Waals surface area contributed by atoms with Crippen LogP contribution in [0.5, 0.6) is 11.5 Å². The van der Waals surface area contributed by atoms with E-state index in [1.165, 1.54) is 0 Å². The van der Waals surface area contributed by atoms with Crippen LogP contribution in [0.2, 0.25) is 0 Å². The van der Waals surface area contributed by atoms with Crippen molar-refractivity contribution in [3.8, 4) is 11.5 Å². The molecule has 1 N–H and O–H groups in total. The number of benzene rings is 1. The highest BCUT2D eigenvalue weighted by molar-refractivity contribution is 5.46. The van der Waals surface area contributed by atoms with E-state index in [9.17, 15) is 0 Å². The van der Waals surface area contributed by atoms with Crippen molar-refractivity contribution < 1.29 is 9.47 Å². The van der Waals surface area contributed by atoms with E-state index in [1.807, 2.05) is 18.2 Å². The van der Waals surface area contributed by atoms with E-state index >= 15 is 0 Å². The van der Waals surface area contributed by atoms with Gasteiger partial charge in [-0.2, -0.15) is 0 Å². The Labute approximate surface area is 91.4 Å². The van der Waals surface area contributed by atoms with Crippen molar-refractivity contribution in [2.24, 2.45) is 0 Å². The Morgan fingerprint density at radius 1 is 1.27 bits per heavy atom. The van der Waals surface area contributed by atoms with Gasteiger partial charge in [-0.1, -0.05) is 12.1 Å². The highest BCUT2D eigenvalue weighted by Gasteiger charge is 2.08. The molecule has 0 aliphatic rings. The fourth-order valence-corrected chi connectivity index (χ4v) is 1.42. The van der Waals surface area contributed by atoms with Crippen molar-refractivity contribution in [3.63, 3.8) is 0 Å². The highest BCUT2D eigenvalue weighted by atomic mass is 16.5. The summed E-state index contributed by atoms with van der Waals surface area (Å²) in [4.78, 5) is 0. The first-order valence-corrected chi connectivity index (χ1v) is 4.94. The molecule has 0 aliphatic carbocycles. The molecule has 15 heavy (non-hydrogen) atoms. The molecule has 0 bridgehead atoms. The summed E-state index contributed by atoms with van der Waals surface area (Å²) in [6, 6.07) is 5.83. The van der Waals surface area contributed by atoms with Crippen LogP contribution in [0.3, 0.4) is 0 Å². The second-order valence-corrected chi connectivity index (χ2v) is 3.12. The minimum absolute atomic E-state index is 0.631. The highest BCUT2D eigenvalue weighted by Crippen LogP contribution is 2.30. The van der Waals surface area contributed by atoms with E-state index < -0.39 is 0 Å². The van der Waals surface area contributed by atoms with Crippen molar-refractivity contribution in [2.45, 2.75) is 13.0 Å². The van der Waals surface area contributed by atoms with Crippen LogP contribution in [0.4, 0.5) is 0 Å². The van der Waals surface area contributed by atoms with Gasteiger partial charge in [0.1, 0.15) is 0 Å². The van der Waals surface area contributed by atoms with Gasteiger partial charge in [0.25, 0.3) is 0 Å².